The predicted molar refractivity (Wildman–Crippen MR) is 164 cm³/mol. The van der Waals surface area contributed by atoms with E-state index >= 15 is 0 Å². The van der Waals surface area contributed by atoms with Crippen LogP contribution < -0.4 is 11.0 Å². The fourth-order valence-electron chi connectivity index (χ4n) is 6.97. The third-order valence-corrected chi connectivity index (χ3v) is 9.02. The number of hydrogen-bond donors (Lipinski definition) is 1. The molecule has 10 heteroatoms. The lowest BCUT2D eigenvalue weighted by molar-refractivity contribution is -0.119. The largest absolute Gasteiger partial charge is 0.389 e. The summed E-state index contributed by atoms with van der Waals surface area (Å²) in [6.45, 7) is 4.12. The molecule has 1 spiro atoms. The lowest BCUT2D eigenvalue weighted by Crippen LogP contribution is -2.39. The molecule has 43 heavy (non-hydrogen) atoms. The number of hydrazone groups is 1. The topological polar surface area (TPSA) is 115 Å². The molecule has 0 radical (unpaired) electrons. The zero-order valence-electron chi connectivity index (χ0n) is 24.5. The van der Waals surface area contributed by atoms with E-state index in [1.807, 2.05) is 34.2 Å². The van der Waals surface area contributed by atoms with Crippen molar-refractivity contribution < 1.29 is 9.63 Å². The number of nitrogens with zero attached hydrogens (tertiary/aromatic N) is 6. The minimum atomic E-state index is -0.241. The van der Waals surface area contributed by atoms with Crippen molar-refractivity contribution in [3.8, 4) is 11.1 Å². The molecule has 10 nitrogen and oxygen atoms in total. The molecule has 0 bridgehead atoms. The van der Waals surface area contributed by atoms with E-state index in [2.05, 4.69) is 63.0 Å². The highest BCUT2D eigenvalue weighted by Crippen LogP contribution is 2.42. The van der Waals surface area contributed by atoms with Crippen molar-refractivity contribution in [2.24, 2.45) is 10.3 Å². The van der Waals surface area contributed by atoms with Crippen LogP contribution in [0.5, 0.6) is 0 Å². The van der Waals surface area contributed by atoms with Crippen molar-refractivity contribution in [3.63, 3.8) is 0 Å². The van der Waals surface area contributed by atoms with Crippen LogP contribution in [-0.4, -0.2) is 42.1 Å². The lowest BCUT2D eigenvalue weighted by atomic mass is 9.79. The van der Waals surface area contributed by atoms with Gasteiger partial charge >= 0.3 is 0 Å². The number of oxime groups is 1. The van der Waals surface area contributed by atoms with Gasteiger partial charge in [0.05, 0.1) is 23.5 Å². The molecule has 1 N–H and O–H groups in total. The number of amides is 1. The van der Waals surface area contributed by atoms with Gasteiger partial charge in [0.15, 0.2) is 0 Å². The van der Waals surface area contributed by atoms with E-state index in [-0.39, 0.29) is 29.5 Å². The highest BCUT2D eigenvalue weighted by atomic mass is 16.7. The summed E-state index contributed by atoms with van der Waals surface area (Å²) in [5.41, 5.74) is 9.64. The minimum absolute atomic E-state index is 0.00436. The number of benzene rings is 2. The molecule has 1 aliphatic carbocycles. The second-order valence-electron chi connectivity index (χ2n) is 12.0. The third kappa shape index (κ3) is 4.94. The zero-order chi connectivity index (χ0) is 29.6. The molecule has 0 saturated heterocycles. The molecule has 1 saturated carbocycles. The van der Waals surface area contributed by atoms with Gasteiger partial charge in [-0.15, -0.1) is 0 Å². The highest BCUT2D eigenvalue weighted by Gasteiger charge is 2.42. The van der Waals surface area contributed by atoms with Gasteiger partial charge in [-0.25, -0.2) is 9.94 Å². The lowest BCUT2D eigenvalue weighted by Gasteiger charge is -2.35. The quantitative estimate of drug-likeness (QED) is 0.333. The Kier molecular flexibility index (Phi) is 6.91. The van der Waals surface area contributed by atoms with Crippen LogP contribution in [0.4, 0.5) is 0 Å². The number of nitrogens with one attached hydrogen (secondary N) is 1. The molecule has 1 fully saturated rings. The van der Waals surface area contributed by atoms with Crippen LogP contribution in [0.25, 0.3) is 16.9 Å². The Balaban J connectivity index is 1.29. The molecule has 4 aromatic rings. The van der Waals surface area contributed by atoms with Crippen molar-refractivity contribution in [2.75, 3.05) is 0 Å². The van der Waals surface area contributed by atoms with Crippen molar-refractivity contribution in [1.29, 1.82) is 0 Å². The summed E-state index contributed by atoms with van der Waals surface area (Å²) in [4.78, 5) is 37.0. The normalized spacial score (nSPS) is 21.6. The number of aryl methyl sites for hydroxylation is 1. The molecule has 2 aromatic carbocycles. The molecule has 2 aliphatic heterocycles. The average molecular weight is 578 g/mol. The molecule has 2 aromatic heterocycles. The third-order valence-electron chi connectivity index (χ3n) is 9.02. The van der Waals surface area contributed by atoms with Gasteiger partial charge in [-0.05, 0) is 61.8 Å². The Labute approximate surface area is 249 Å². The van der Waals surface area contributed by atoms with E-state index in [0.29, 0.717) is 24.3 Å². The Morgan fingerprint density at radius 3 is 2.58 bits per heavy atom. The number of fused-ring (bicyclic) bond motifs is 1. The Hall–Kier alpha value is -4.60. The highest BCUT2D eigenvalue weighted by molar-refractivity contribution is 6.16. The fraction of sp³-hybridized carbons (Fsp3) is 0.394. The maximum Gasteiger partial charge on any atom is 0.259 e. The van der Waals surface area contributed by atoms with Crippen LogP contribution in [0.3, 0.4) is 0 Å². The second-order valence-corrected chi connectivity index (χ2v) is 12.0. The van der Waals surface area contributed by atoms with Crippen LogP contribution in [-0.2, 0) is 22.5 Å². The summed E-state index contributed by atoms with van der Waals surface area (Å²) in [6.07, 6.45) is 7.96. The van der Waals surface area contributed by atoms with E-state index in [4.69, 9.17) is 4.84 Å². The average Bonchev–Trinajstić information content (AvgIpc) is 3.77. The van der Waals surface area contributed by atoms with Crippen LogP contribution in [0, 0.1) is 0 Å². The Morgan fingerprint density at radius 2 is 1.88 bits per heavy atom. The summed E-state index contributed by atoms with van der Waals surface area (Å²) >= 11 is 0. The second kappa shape index (κ2) is 10.9. The molecule has 4 heterocycles. The number of hydrogen-bond acceptors (Lipinski definition) is 7. The zero-order valence-corrected chi connectivity index (χ0v) is 24.5. The predicted octanol–water partition coefficient (Wildman–Crippen LogP) is 4.98. The first-order chi connectivity index (χ1) is 20.9. The molecule has 7 rings (SSSR count). The molecule has 0 unspecified atom stereocenters. The van der Waals surface area contributed by atoms with Crippen molar-refractivity contribution in [1.82, 2.24) is 24.6 Å². The molecule has 3 aliphatic rings. The number of carbonyl (C=O) groups excluding carboxylic acids is 1. The summed E-state index contributed by atoms with van der Waals surface area (Å²) in [5.74, 6) is 0.478. The Morgan fingerprint density at radius 1 is 1.07 bits per heavy atom. The minimum Gasteiger partial charge on any atom is -0.389 e. The van der Waals surface area contributed by atoms with E-state index in [0.717, 1.165) is 77.7 Å². The molecule has 0 atom stereocenters. The summed E-state index contributed by atoms with van der Waals surface area (Å²) in [5, 5.41) is 13.2. The standard InChI is InChI=1S/C33H35N7O3/c1-3-7-29-27(17-22-10-11-25(23-8-5-4-6-9-23)26(16-22)28-18-30(41)37-36-28)31(42)39(32-34-20-35-40(29)32)24-12-14-33(15-13-24)19-21(2)38-43-33/h4-6,8-11,16,20,24H,3,7,12-15,17-19H2,1-2H3,(H,37,41). The first kappa shape index (κ1) is 27.2. The van der Waals surface area contributed by atoms with Gasteiger partial charge < -0.3 is 4.84 Å². The summed E-state index contributed by atoms with van der Waals surface area (Å²) < 4.78 is 3.74. The number of aromatic nitrogens is 4. The van der Waals surface area contributed by atoms with Crippen molar-refractivity contribution in [2.45, 2.75) is 83.3 Å². The van der Waals surface area contributed by atoms with Gasteiger partial charge in [-0.1, -0.05) is 61.0 Å². The maximum absolute atomic E-state index is 14.5. The van der Waals surface area contributed by atoms with Gasteiger partial charge in [0.25, 0.3) is 5.56 Å². The van der Waals surface area contributed by atoms with E-state index < -0.39 is 0 Å². The molecular formula is C33H35N7O3. The summed E-state index contributed by atoms with van der Waals surface area (Å²) in [6, 6.07) is 16.3. The van der Waals surface area contributed by atoms with E-state index in [1.54, 1.807) is 6.33 Å². The SMILES string of the molecule is CCCc1c(Cc2ccc(-c3ccccc3)c(C3=NNC(=O)C3)c2)c(=O)n(C2CCC3(CC2)CC(C)=NO3)c2ncnn12. The van der Waals surface area contributed by atoms with Gasteiger partial charge in [0.2, 0.25) is 11.7 Å². The van der Waals surface area contributed by atoms with E-state index in [9.17, 15) is 9.59 Å². The maximum atomic E-state index is 14.5. The van der Waals surface area contributed by atoms with Crippen LogP contribution in [0.2, 0.25) is 0 Å². The van der Waals surface area contributed by atoms with Gasteiger partial charge in [-0.2, -0.15) is 15.2 Å². The first-order valence-electron chi connectivity index (χ1n) is 15.2. The van der Waals surface area contributed by atoms with Gasteiger partial charge in [0, 0.05) is 30.0 Å². The molecule has 1 amide bonds. The van der Waals surface area contributed by atoms with Crippen molar-refractivity contribution >= 4 is 23.1 Å². The molecule has 220 valence electrons. The van der Waals surface area contributed by atoms with E-state index in [1.165, 1.54) is 0 Å². The number of carbonyl (C=O) groups is 1. The smallest absolute Gasteiger partial charge is 0.259 e. The first-order valence-corrected chi connectivity index (χ1v) is 15.2. The van der Waals surface area contributed by atoms with Crippen LogP contribution in [0.1, 0.15) is 87.2 Å². The number of rotatable bonds is 7. The molecular weight excluding hydrogens is 542 g/mol. The monoisotopic (exact) mass is 577 g/mol. The van der Waals surface area contributed by atoms with Crippen molar-refractivity contribution in [3.05, 3.63) is 87.6 Å². The fourth-order valence-corrected chi connectivity index (χ4v) is 6.97. The van der Waals surface area contributed by atoms with Crippen LogP contribution in [0.15, 0.2) is 69.9 Å². The summed E-state index contributed by atoms with van der Waals surface area (Å²) in [7, 11) is 0. The van der Waals surface area contributed by atoms with Gasteiger partial charge in [-0.3, -0.25) is 14.2 Å². The van der Waals surface area contributed by atoms with Gasteiger partial charge in [0.1, 0.15) is 11.9 Å². The Bertz CT molecular complexity index is 1830. The van der Waals surface area contributed by atoms with Crippen LogP contribution >= 0.6 is 0 Å².